The van der Waals surface area contributed by atoms with Crippen molar-refractivity contribution < 1.29 is 108 Å². The molecule has 0 aromatic heterocycles. The summed E-state index contributed by atoms with van der Waals surface area (Å²) >= 11 is 0. The maximum absolute atomic E-state index is 14.0. The van der Waals surface area contributed by atoms with E-state index in [4.69, 9.17) is 32.7 Å². The van der Waals surface area contributed by atoms with E-state index in [-0.39, 0.29) is 12.8 Å². The molecular formula is C53H100NO22P. The minimum atomic E-state index is -5.59. The third-order valence-electron chi connectivity index (χ3n) is 14.8. The highest BCUT2D eigenvalue weighted by Gasteiger charge is 2.58. The number of phosphoric ester groups is 1. The number of rotatable bonds is 42. The Morgan fingerprint density at radius 1 is 0.468 bits per heavy atom. The van der Waals surface area contributed by atoms with Crippen LogP contribution in [-0.4, -0.2) is 203 Å². The molecule has 0 radical (unpaired) electrons. The van der Waals surface area contributed by atoms with Crippen molar-refractivity contribution in [3.63, 3.8) is 0 Å². The van der Waals surface area contributed by atoms with Crippen molar-refractivity contribution in [1.29, 1.82) is 0 Å². The van der Waals surface area contributed by atoms with Gasteiger partial charge in [0.05, 0.1) is 25.9 Å². The second-order valence-electron chi connectivity index (χ2n) is 21.3. The predicted molar refractivity (Wildman–Crippen MR) is 279 cm³/mol. The molecule has 1 saturated carbocycles. The van der Waals surface area contributed by atoms with Crippen LogP contribution in [0.4, 0.5) is 0 Å². The zero-order valence-electron chi connectivity index (χ0n) is 45.8. The Bertz CT molecular complexity index is 1550. The zero-order valence-corrected chi connectivity index (χ0v) is 46.7. The van der Waals surface area contributed by atoms with Crippen LogP contribution in [0.2, 0.25) is 0 Å². The number of carbonyl (C=O) groups excluding carboxylic acids is 2. The van der Waals surface area contributed by atoms with Gasteiger partial charge in [0.1, 0.15) is 92.1 Å². The smallest absolute Gasteiger partial charge is 0.463 e. The number of aliphatic hydroxyl groups excluding tert-OH is 11. The lowest BCUT2D eigenvalue weighted by molar-refractivity contribution is -0.360. The van der Waals surface area contributed by atoms with Crippen molar-refractivity contribution in [2.24, 2.45) is 0 Å². The maximum Gasteiger partial charge on any atom is 0.472 e. The van der Waals surface area contributed by atoms with E-state index in [9.17, 15) is 75.2 Å². The fourth-order valence-electron chi connectivity index (χ4n) is 9.93. The molecule has 1 aliphatic carbocycles. The summed E-state index contributed by atoms with van der Waals surface area (Å²) in [5.41, 5.74) is 0. The van der Waals surface area contributed by atoms with E-state index >= 15 is 0 Å². The number of ether oxygens (including phenoxy) is 5. The quantitative estimate of drug-likeness (QED) is 0.0237. The lowest BCUT2D eigenvalue weighted by atomic mass is 9.84. The van der Waals surface area contributed by atoms with E-state index in [1.807, 2.05) is 0 Å². The highest BCUT2D eigenvalue weighted by molar-refractivity contribution is 7.47. The van der Waals surface area contributed by atoms with Crippen LogP contribution in [0.3, 0.4) is 0 Å². The van der Waals surface area contributed by atoms with Gasteiger partial charge in [-0.15, -0.1) is 0 Å². The highest BCUT2D eigenvalue weighted by atomic mass is 31.2. The Kier molecular flexibility index (Phi) is 35.3. The lowest BCUT2D eigenvalue weighted by Gasteiger charge is -2.49. The summed E-state index contributed by atoms with van der Waals surface area (Å²) in [6, 6.07) is -1.23. The number of phosphoric acid groups is 1. The number of nitrogens with one attached hydrogen (secondary N) is 1. The van der Waals surface area contributed by atoms with Gasteiger partial charge < -0.3 is 90.1 Å². The average Bonchev–Trinajstić information content (AvgIpc) is 3.41. The molecule has 18 atom stereocenters. The predicted octanol–water partition coefficient (Wildman–Crippen LogP) is 2.95. The second kappa shape index (κ2) is 39.0. The molecule has 3 rings (SSSR count). The summed E-state index contributed by atoms with van der Waals surface area (Å²) in [6.07, 6.45) is -4.08. The van der Waals surface area contributed by atoms with Gasteiger partial charge in [-0.25, -0.2) is 4.57 Å². The van der Waals surface area contributed by atoms with Crippen molar-refractivity contribution >= 4 is 19.7 Å². The van der Waals surface area contributed by atoms with Gasteiger partial charge >= 0.3 is 13.8 Å². The topological polar surface area (TPSA) is 371 Å². The van der Waals surface area contributed by atoms with Crippen molar-refractivity contribution in [2.75, 3.05) is 26.4 Å². The fraction of sp³-hybridized carbons (Fsp3) is 0.962. The van der Waals surface area contributed by atoms with Crippen LogP contribution >= 0.6 is 7.82 Å². The molecule has 0 bridgehead atoms. The zero-order chi connectivity index (χ0) is 56.8. The number of aliphatic hydroxyl groups is 11. The fourth-order valence-corrected chi connectivity index (χ4v) is 10.9. The molecule has 454 valence electrons. The average molecular weight is 1130 g/mol. The van der Waals surface area contributed by atoms with Crippen molar-refractivity contribution in [3.05, 3.63) is 0 Å². The molecule has 13 N–H and O–H groups in total. The number of hydrogen-bond acceptors (Lipinski definition) is 21. The van der Waals surface area contributed by atoms with Crippen LogP contribution in [0.25, 0.3) is 0 Å². The maximum atomic E-state index is 14.0. The number of hydrogen-bond donors (Lipinski definition) is 13. The molecule has 3 fully saturated rings. The van der Waals surface area contributed by atoms with Gasteiger partial charge in [-0.3, -0.25) is 18.6 Å². The number of unbranched alkanes of at least 4 members (excludes halogenated alkanes) is 24. The summed E-state index contributed by atoms with van der Waals surface area (Å²) in [5, 5.41) is 119. The van der Waals surface area contributed by atoms with Gasteiger partial charge in [-0.05, 0) is 12.8 Å². The molecule has 2 aliphatic heterocycles. The standard InChI is InChI=1S/C53H100NO22P/c1-3-5-7-9-11-13-15-17-19-21-23-25-27-29-38(57)54-35(33-70-39(58)30-28-26-24-22-20-18-16-14-12-10-8-6-4-2)34-71-77(68,69)76-51-49(74-52-47(66)42(61)40(59)36(31-55)72-52)45(64)44(63)46(65)50(51)75-53-48(67)43(62)41(60)37(32-56)73-53/h35-37,40-53,55-56,59-67H,3-34H2,1-2H3,(H,54,57)(H,68,69)/t35-,36?,37?,40-,41-,42+,43?,44?,45?,46+,47?,48-,49?,50?,51?,52-,53-/m1/s1. The third kappa shape index (κ3) is 25.2. The molecule has 0 spiro atoms. The summed E-state index contributed by atoms with van der Waals surface area (Å²) in [5.74, 6) is -1.03. The first-order chi connectivity index (χ1) is 36.9. The van der Waals surface area contributed by atoms with E-state index in [0.29, 0.717) is 12.8 Å². The van der Waals surface area contributed by atoms with E-state index in [1.54, 1.807) is 0 Å². The molecule has 0 aromatic carbocycles. The van der Waals surface area contributed by atoms with E-state index in [2.05, 4.69) is 19.2 Å². The SMILES string of the molecule is CCCCCCCCCCCCCCCC(=O)N[C@H](COC(=O)CCCCCCCCCCCCCCC)COP(=O)(O)OC1C(O[C@H]2OC(CO)[C@@H](O)[C@H](O)C2O)C(O)C(O)[C@H](O)C1O[C@H]1OC(CO)[C@@H](O)C(O)[C@H]1O. The molecule has 1 amide bonds. The van der Waals surface area contributed by atoms with Crippen LogP contribution in [0.5, 0.6) is 0 Å². The van der Waals surface area contributed by atoms with Gasteiger partial charge in [-0.2, -0.15) is 0 Å². The number of amides is 1. The number of esters is 1. The van der Waals surface area contributed by atoms with Crippen molar-refractivity contribution in [3.8, 4) is 0 Å². The van der Waals surface area contributed by atoms with E-state index < -0.39 is 150 Å². The van der Waals surface area contributed by atoms with Gasteiger partial charge in [0.2, 0.25) is 5.91 Å². The first-order valence-corrected chi connectivity index (χ1v) is 30.5. The molecule has 0 aromatic rings. The molecule has 10 unspecified atom stereocenters. The van der Waals surface area contributed by atoms with Crippen molar-refractivity contribution in [1.82, 2.24) is 5.32 Å². The largest absolute Gasteiger partial charge is 0.472 e. The molecule has 24 heteroatoms. The van der Waals surface area contributed by atoms with Crippen LogP contribution < -0.4 is 5.32 Å². The first-order valence-electron chi connectivity index (χ1n) is 29.0. The minimum absolute atomic E-state index is 0.0859. The summed E-state index contributed by atoms with van der Waals surface area (Å²) < 4.78 is 52.7. The van der Waals surface area contributed by atoms with Crippen molar-refractivity contribution in [2.45, 2.75) is 298 Å². The van der Waals surface area contributed by atoms with Gasteiger partial charge in [-0.1, -0.05) is 168 Å². The molecular weight excluding hydrogens is 1030 g/mol. The van der Waals surface area contributed by atoms with Crippen LogP contribution in [0, 0.1) is 0 Å². The monoisotopic (exact) mass is 1130 g/mol. The minimum Gasteiger partial charge on any atom is -0.463 e. The van der Waals surface area contributed by atoms with Gasteiger partial charge in [0.25, 0.3) is 0 Å². The highest BCUT2D eigenvalue weighted by Crippen LogP contribution is 2.48. The third-order valence-corrected chi connectivity index (χ3v) is 15.8. The molecule has 77 heavy (non-hydrogen) atoms. The Morgan fingerprint density at radius 2 is 0.818 bits per heavy atom. The molecule has 2 heterocycles. The number of carbonyl (C=O) groups is 2. The van der Waals surface area contributed by atoms with Crippen LogP contribution in [0.1, 0.15) is 194 Å². The Balaban J connectivity index is 1.72. The molecule has 2 saturated heterocycles. The normalized spacial score (nSPS) is 31.9. The van der Waals surface area contributed by atoms with E-state index in [1.165, 1.54) is 96.3 Å². The summed E-state index contributed by atoms with van der Waals surface area (Å²) in [7, 11) is -5.59. The van der Waals surface area contributed by atoms with Gasteiger partial charge in [0, 0.05) is 12.8 Å². The summed E-state index contributed by atoms with van der Waals surface area (Å²) in [6.45, 7) is 1.25. The first kappa shape index (κ1) is 69.7. The Morgan fingerprint density at radius 3 is 1.19 bits per heavy atom. The van der Waals surface area contributed by atoms with Crippen LogP contribution in [-0.2, 0) is 46.9 Å². The Hall–Kier alpha value is -1.55. The summed E-state index contributed by atoms with van der Waals surface area (Å²) in [4.78, 5) is 37.6. The molecule has 3 aliphatic rings. The molecule has 23 nitrogen and oxygen atoms in total. The second-order valence-corrected chi connectivity index (χ2v) is 22.7. The van der Waals surface area contributed by atoms with E-state index in [0.717, 1.165) is 57.8 Å². The van der Waals surface area contributed by atoms with Crippen LogP contribution in [0.15, 0.2) is 0 Å². The Labute approximate surface area is 455 Å². The lowest BCUT2D eigenvalue weighted by Crippen LogP contribution is -2.69. The van der Waals surface area contributed by atoms with Gasteiger partial charge in [0.15, 0.2) is 12.6 Å².